The molecule has 0 aromatic carbocycles. The Labute approximate surface area is 115 Å². The molecule has 0 spiro atoms. The van der Waals surface area contributed by atoms with E-state index in [1.807, 2.05) is 4.90 Å². The van der Waals surface area contributed by atoms with Crippen molar-refractivity contribution in [2.45, 2.75) is 52.5 Å². The van der Waals surface area contributed by atoms with E-state index in [-0.39, 0.29) is 0 Å². The molecule has 0 aliphatic carbocycles. The molecule has 2 rings (SSSR count). The summed E-state index contributed by atoms with van der Waals surface area (Å²) >= 11 is 0. The molecule has 4 nitrogen and oxygen atoms in total. The van der Waals surface area contributed by atoms with Gasteiger partial charge in [0.1, 0.15) is 5.82 Å². The monoisotopic (exact) mass is 263 g/mol. The van der Waals surface area contributed by atoms with Crippen molar-refractivity contribution in [1.82, 2.24) is 14.5 Å². The fourth-order valence-electron chi connectivity index (χ4n) is 2.97. The van der Waals surface area contributed by atoms with Crippen molar-refractivity contribution in [3.63, 3.8) is 0 Å². The molecule has 1 fully saturated rings. The predicted molar refractivity (Wildman–Crippen MR) is 75.9 cm³/mol. The second-order valence-corrected chi connectivity index (χ2v) is 5.57. The van der Waals surface area contributed by atoms with Crippen LogP contribution in [0.4, 0.5) is 0 Å². The number of piperidine rings is 1. The summed E-state index contributed by atoms with van der Waals surface area (Å²) in [6.45, 7) is 7.19. The zero-order valence-electron chi connectivity index (χ0n) is 12.1. The number of amides is 1. The number of hydrogen-bond donors (Lipinski definition) is 0. The standard InChI is InChI=1S/C15H25N3O/c1-3-15-16-13(2)11-18(15)8-4-5-14-6-9-17(12-19)10-7-14/h11-12,14H,3-10H2,1-2H3. The Morgan fingerprint density at radius 2 is 2.16 bits per heavy atom. The summed E-state index contributed by atoms with van der Waals surface area (Å²) in [5.41, 5.74) is 1.12. The number of likely N-dealkylation sites (tertiary alicyclic amines) is 1. The fraction of sp³-hybridized carbons (Fsp3) is 0.733. The second-order valence-electron chi connectivity index (χ2n) is 5.57. The normalized spacial score (nSPS) is 16.8. The number of aromatic nitrogens is 2. The summed E-state index contributed by atoms with van der Waals surface area (Å²) in [7, 11) is 0. The quantitative estimate of drug-likeness (QED) is 0.739. The third-order valence-electron chi connectivity index (χ3n) is 4.11. The Bertz CT molecular complexity index is 406. The highest BCUT2D eigenvalue weighted by Gasteiger charge is 2.17. The first kappa shape index (κ1) is 14.1. The highest BCUT2D eigenvalue weighted by molar-refractivity contribution is 5.47. The topological polar surface area (TPSA) is 38.1 Å². The predicted octanol–water partition coefficient (Wildman–Crippen LogP) is 2.40. The number of hydrogen-bond acceptors (Lipinski definition) is 2. The van der Waals surface area contributed by atoms with E-state index in [9.17, 15) is 4.79 Å². The lowest BCUT2D eigenvalue weighted by atomic mass is 9.92. The molecular formula is C15H25N3O. The molecule has 19 heavy (non-hydrogen) atoms. The van der Waals surface area contributed by atoms with Crippen LogP contribution < -0.4 is 0 Å². The van der Waals surface area contributed by atoms with Crippen LogP contribution in [0.5, 0.6) is 0 Å². The summed E-state index contributed by atoms with van der Waals surface area (Å²) in [6.07, 6.45) is 8.98. The highest BCUT2D eigenvalue weighted by Crippen LogP contribution is 2.21. The van der Waals surface area contributed by atoms with Crippen LogP contribution in [0.2, 0.25) is 0 Å². The number of carbonyl (C=O) groups excluding carboxylic acids is 1. The molecule has 1 aliphatic rings. The van der Waals surface area contributed by atoms with E-state index in [0.717, 1.165) is 44.1 Å². The maximum absolute atomic E-state index is 10.7. The van der Waals surface area contributed by atoms with Gasteiger partial charge in [-0.1, -0.05) is 6.92 Å². The van der Waals surface area contributed by atoms with Crippen molar-refractivity contribution in [3.8, 4) is 0 Å². The van der Waals surface area contributed by atoms with Crippen molar-refractivity contribution in [2.75, 3.05) is 13.1 Å². The van der Waals surface area contributed by atoms with Gasteiger partial charge in [-0.3, -0.25) is 4.79 Å². The van der Waals surface area contributed by atoms with Crippen LogP contribution in [0, 0.1) is 12.8 Å². The van der Waals surface area contributed by atoms with Gasteiger partial charge in [0.25, 0.3) is 0 Å². The fourth-order valence-corrected chi connectivity index (χ4v) is 2.97. The highest BCUT2D eigenvalue weighted by atomic mass is 16.1. The second kappa shape index (κ2) is 6.73. The van der Waals surface area contributed by atoms with Crippen LogP contribution in [0.3, 0.4) is 0 Å². The molecule has 0 atom stereocenters. The number of nitrogens with zero attached hydrogens (tertiary/aromatic N) is 3. The minimum absolute atomic E-state index is 0.797. The lowest BCUT2D eigenvalue weighted by Gasteiger charge is -2.29. The average Bonchev–Trinajstić information content (AvgIpc) is 2.80. The molecule has 1 aromatic rings. The molecule has 0 unspecified atom stereocenters. The third kappa shape index (κ3) is 3.82. The Hall–Kier alpha value is -1.32. The van der Waals surface area contributed by atoms with Gasteiger partial charge in [0.15, 0.2) is 0 Å². The number of carbonyl (C=O) groups is 1. The summed E-state index contributed by atoms with van der Waals surface area (Å²) < 4.78 is 2.30. The first-order valence-electron chi connectivity index (χ1n) is 7.45. The molecule has 0 radical (unpaired) electrons. The summed E-state index contributed by atoms with van der Waals surface area (Å²) in [4.78, 5) is 17.1. The van der Waals surface area contributed by atoms with Gasteiger partial charge in [-0.05, 0) is 38.5 Å². The minimum Gasteiger partial charge on any atom is -0.345 e. The van der Waals surface area contributed by atoms with E-state index >= 15 is 0 Å². The number of aryl methyl sites for hydroxylation is 3. The average molecular weight is 263 g/mol. The maximum atomic E-state index is 10.7. The SMILES string of the molecule is CCc1nc(C)cn1CCCC1CCN(C=O)CC1. The van der Waals surface area contributed by atoms with Crippen molar-refractivity contribution < 1.29 is 4.79 Å². The van der Waals surface area contributed by atoms with E-state index in [4.69, 9.17) is 0 Å². The molecule has 106 valence electrons. The minimum atomic E-state index is 0.797. The van der Waals surface area contributed by atoms with Gasteiger partial charge in [0.05, 0.1) is 5.69 Å². The third-order valence-corrected chi connectivity index (χ3v) is 4.11. The first-order valence-corrected chi connectivity index (χ1v) is 7.45. The van der Waals surface area contributed by atoms with Crippen LogP contribution >= 0.6 is 0 Å². The van der Waals surface area contributed by atoms with Gasteiger partial charge in [-0.15, -0.1) is 0 Å². The molecule has 1 amide bonds. The van der Waals surface area contributed by atoms with Gasteiger partial charge in [0, 0.05) is 32.3 Å². The van der Waals surface area contributed by atoms with Crippen LogP contribution in [0.15, 0.2) is 6.20 Å². The van der Waals surface area contributed by atoms with Crippen molar-refractivity contribution in [3.05, 3.63) is 17.7 Å². The van der Waals surface area contributed by atoms with E-state index in [1.165, 1.54) is 31.5 Å². The van der Waals surface area contributed by atoms with Gasteiger partial charge in [0.2, 0.25) is 6.41 Å². The van der Waals surface area contributed by atoms with Crippen molar-refractivity contribution in [1.29, 1.82) is 0 Å². The van der Waals surface area contributed by atoms with Crippen molar-refractivity contribution in [2.24, 2.45) is 5.92 Å². The number of imidazole rings is 1. The molecule has 1 saturated heterocycles. The van der Waals surface area contributed by atoms with Gasteiger partial charge < -0.3 is 9.47 Å². The van der Waals surface area contributed by atoms with E-state index in [1.54, 1.807) is 0 Å². The smallest absolute Gasteiger partial charge is 0.209 e. The molecular weight excluding hydrogens is 238 g/mol. The van der Waals surface area contributed by atoms with Gasteiger partial charge in [-0.2, -0.15) is 0 Å². The lowest BCUT2D eigenvalue weighted by Crippen LogP contribution is -2.32. The molecule has 2 heterocycles. The lowest BCUT2D eigenvalue weighted by molar-refractivity contribution is -0.119. The van der Waals surface area contributed by atoms with E-state index in [2.05, 4.69) is 29.6 Å². The number of rotatable bonds is 6. The first-order chi connectivity index (χ1) is 9.22. The van der Waals surface area contributed by atoms with Gasteiger partial charge in [-0.25, -0.2) is 4.98 Å². The largest absolute Gasteiger partial charge is 0.345 e. The Kier molecular flexibility index (Phi) is 5.00. The maximum Gasteiger partial charge on any atom is 0.209 e. The zero-order valence-corrected chi connectivity index (χ0v) is 12.1. The van der Waals surface area contributed by atoms with Crippen LogP contribution in [0.1, 0.15) is 44.1 Å². The molecule has 0 N–H and O–H groups in total. The Morgan fingerprint density at radius 1 is 1.42 bits per heavy atom. The summed E-state index contributed by atoms with van der Waals surface area (Å²) in [5, 5.41) is 0. The van der Waals surface area contributed by atoms with Gasteiger partial charge >= 0.3 is 0 Å². The van der Waals surface area contributed by atoms with E-state index < -0.39 is 0 Å². The molecule has 0 bridgehead atoms. The van der Waals surface area contributed by atoms with Crippen molar-refractivity contribution >= 4 is 6.41 Å². The van der Waals surface area contributed by atoms with Crippen LogP contribution in [-0.2, 0) is 17.8 Å². The summed E-state index contributed by atoms with van der Waals surface area (Å²) in [6, 6.07) is 0. The zero-order chi connectivity index (χ0) is 13.7. The molecule has 1 aromatic heterocycles. The van der Waals surface area contributed by atoms with Crippen LogP contribution in [-0.4, -0.2) is 34.0 Å². The Balaban J connectivity index is 1.73. The molecule has 4 heteroatoms. The van der Waals surface area contributed by atoms with Crippen LogP contribution in [0.25, 0.3) is 0 Å². The molecule has 0 saturated carbocycles. The summed E-state index contributed by atoms with van der Waals surface area (Å²) in [5.74, 6) is 2.00. The van der Waals surface area contributed by atoms with E-state index in [0.29, 0.717) is 0 Å². The molecule has 1 aliphatic heterocycles. The Morgan fingerprint density at radius 3 is 2.79 bits per heavy atom.